The standard InChI is InChI=1S/C24H32Cl2N4O4S/c1-17(23(32)27-24(2,3)4)29(15-18-12-13-20(25)21(26)14-18)22(31)16-30(35(33,34)28(5)6)19-10-8-7-9-11-19/h7-14,17H,15-16H2,1-6H3,(H,27,32)/t17-/m0/s1. The molecule has 192 valence electrons. The van der Waals surface area contributed by atoms with Crippen LogP contribution in [-0.2, 0) is 26.3 Å². The number of nitrogens with zero attached hydrogens (tertiary/aromatic N) is 3. The Bertz CT molecular complexity index is 1150. The molecule has 0 unspecified atom stereocenters. The first kappa shape index (κ1) is 28.9. The van der Waals surface area contributed by atoms with E-state index in [1.807, 2.05) is 20.8 Å². The molecular formula is C24H32Cl2N4O4S. The van der Waals surface area contributed by atoms with Crippen LogP contribution in [-0.4, -0.2) is 61.7 Å². The zero-order valence-electron chi connectivity index (χ0n) is 20.7. The Morgan fingerprint density at radius 2 is 1.60 bits per heavy atom. The Morgan fingerprint density at radius 3 is 2.11 bits per heavy atom. The van der Waals surface area contributed by atoms with Crippen LogP contribution in [0.5, 0.6) is 0 Å². The van der Waals surface area contributed by atoms with E-state index in [0.29, 0.717) is 21.3 Å². The Morgan fingerprint density at radius 1 is 1.00 bits per heavy atom. The van der Waals surface area contributed by atoms with Gasteiger partial charge in [-0.05, 0) is 57.5 Å². The molecule has 0 spiro atoms. The van der Waals surface area contributed by atoms with Gasteiger partial charge in [-0.2, -0.15) is 12.7 Å². The van der Waals surface area contributed by atoms with Gasteiger partial charge in [0.15, 0.2) is 0 Å². The van der Waals surface area contributed by atoms with Crippen molar-refractivity contribution in [3.63, 3.8) is 0 Å². The quantitative estimate of drug-likeness (QED) is 0.519. The number of benzene rings is 2. The first-order valence-corrected chi connectivity index (χ1v) is 13.1. The molecule has 0 saturated heterocycles. The van der Waals surface area contributed by atoms with Crippen LogP contribution in [0.2, 0.25) is 10.0 Å². The summed E-state index contributed by atoms with van der Waals surface area (Å²) in [6.45, 7) is 6.64. The first-order chi connectivity index (χ1) is 16.1. The smallest absolute Gasteiger partial charge is 0.304 e. The predicted octanol–water partition coefficient (Wildman–Crippen LogP) is 3.94. The third-order valence-corrected chi connectivity index (χ3v) is 7.62. The van der Waals surface area contributed by atoms with Crippen molar-refractivity contribution < 1.29 is 18.0 Å². The van der Waals surface area contributed by atoms with Crippen molar-refractivity contribution in [2.75, 3.05) is 24.9 Å². The van der Waals surface area contributed by atoms with E-state index >= 15 is 0 Å². The first-order valence-electron chi connectivity index (χ1n) is 10.9. The molecule has 0 aliphatic heterocycles. The van der Waals surface area contributed by atoms with Gasteiger partial charge >= 0.3 is 10.2 Å². The Balaban J connectivity index is 2.46. The van der Waals surface area contributed by atoms with Crippen molar-refractivity contribution in [1.82, 2.24) is 14.5 Å². The van der Waals surface area contributed by atoms with Crippen molar-refractivity contribution in [3.05, 3.63) is 64.1 Å². The second-order valence-corrected chi connectivity index (χ2v) is 12.2. The molecule has 0 saturated carbocycles. The molecule has 0 bridgehead atoms. The molecule has 0 aromatic heterocycles. The van der Waals surface area contributed by atoms with Gasteiger partial charge in [-0.15, -0.1) is 0 Å². The molecule has 1 atom stereocenters. The number of anilines is 1. The van der Waals surface area contributed by atoms with Crippen LogP contribution in [0.1, 0.15) is 33.3 Å². The van der Waals surface area contributed by atoms with Gasteiger partial charge in [0.25, 0.3) is 0 Å². The summed E-state index contributed by atoms with van der Waals surface area (Å²) in [6.07, 6.45) is 0. The van der Waals surface area contributed by atoms with Crippen LogP contribution < -0.4 is 9.62 Å². The highest BCUT2D eigenvalue weighted by molar-refractivity contribution is 7.90. The van der Waals surface area contributed by atoms with Crippen molar-refractivity contribution in [2.24, 2.45) is 0 Å². The molecule has 0 fully saturated rings. The van der Waals surface area contributed by atoms with E-state index in [4.69, 9.17) is 23.2 Å². The minimum atomic E-state index is -4.00. The zero-order chi connectivity index (χ0) is 26.6. The molecule has 0 aliphatic carbocycles. The summed E-state index contributed by atoms with van der Waals surface area (Å²) in [5.41, 5.74) is 0.453. The Kier molecular flexibility index (Phi) is 9.58. The van der Waals surface area contributed by atoms with Gasteiger partial charge in [0.2, 0.25) is 11.8 Å². The van der Waals surface area contributed by atoms with Crippen molar-refractivity contribution >= 4 is 50.9 Å². The number of nitrogens with one attached hydrogen (secondary N) is 1. The largest absolute Gasteiger partial charge is 0.350 e. The molecule has 2 aromatic rings. The van der Waals surface area contributed by atoms with Gasteiger partial charge in [-0.3, -0.25) is 9.59 Å². The van der Waals surface area contributed by atoms with E-state index < -0.39 is 34.2 Å². The molecule has 8 nitrogen and oxygen atoms in total. The van der Waals surface area contributed by atoms with Gasteiger partial charge < -0.3 is 10.2 Å². The van der Waals surface area contributed by atoms with E-state index in [1.165, 1.54) is 19.0 Å². The van der Waals surface area contributed by atoms with Crippen LogP contribution in [0.3, 0.4) is 0 Å². The topological polar surface area (TPSA) is 90.0 Å². The summed E-state index contributed by atoms with van der Waals surface area (Å²) in [5.74, 6) is -0.922. The molecule has 2 amide bonds. The number of carbonyl (C=O) groups is 2. The maximum atomic E-state index is 13.6. The number of rotatable bonds is 9. The number of halogens is 2. The lowest BCUT2D eigenvalue weighted by Gasteiger charge is -2.34. The van der Waals surface area contributed by atoms with Crippen LogP contribution in [0.25, 0.3) is 0 Å². The fraction of sp³-hybridized carbons (Fsp3) is 0.417. The summed E-state index contributed by atoms with van der Waals surface area (Å²) in [4.78, 5) is 27.9. The highest BCUT2D eigenvalue weighted by Gasteiger charge is 2.33. The van der Waals surface area contributed by atoms with E-state index in [0.717, 1.165) is 8.61 Å². The number of hydrogen-bond donors (Lipinski definition) is 1. The number of amides is 2. The SMILES string of the molecule is C[C@@H](C(=O)NC(C)(C)C)N(Cc1ccc(Cl)c(Cl)c1)C(=O)CN(c1ccccc1)S(=O)(=O)N(C)C. The van der Waals surface area contributed by atoms with Gasteiger partial charge in [-0.25, -0.2) is 4.31 Å². The van der Waals surface area contributed by atoms with E-state index in [2.05, 4.69) is 5.32 Å². The van der Waals surface area contributed by atoms with Crippen LogP contribution in [0, 0.1) is 0 Å². The average Bonchev–Trinajstić information content (AvgIpc) is 2.76. The molecule has 0 aliphatic rings. The zero-order valence-corrected chi connectivity index (χ0v) is 23.1. The maximum absolute atomic E-state index is 13.6. The normalized spacial score (nSPS) is 12.8. The van der Waals surface area contributed by atoms with Crippen molar-refractivity contribution in [2.45, 2.75) is 45.8 Å². The minimum Gasteiger partial charge on any atom is -0.350 e. The lowest BCUT2D eigenvalue weighted by Crippen LogP contribution is -2.54. The molecule has 0 heterocycles. The molecule has 0 radical (unpaired) electrons. The summed E-state index contributed by atoms with van der Waals surface area (Å²) < 4.78 is 28.2. The van der Waals surface area contributed by atoms with Crippen molar-refractivity contribution in [1.29, 1.82) is 0 Å². The summed E-state index contributed by atoms with van der Waals surface area (Å²) in [5, 5.41) is 3.54. The molecule has 11 heteroatoms. The van der Waals surface area contributed by atoms with Crippen LogP contribution in [0.15, 0.2) is 48.5 Å². The third-order valence-electron chi connectivity index (χ3n) is 5.07. The van der Waals surface area contributed by atoms with Crippen molar-refractivity contribution in [3.8, 4) is 0 Å². The Hall–Kier alpha value is -2.33. The van der Waals surface area contributed by atoms with Gasteiger partial charge in [0, 0.05) is 26.2 Å². The molecule has 1 N–H and O–H groups in total. The molecule has 2 rings (SSSR count). The molecule has 2 aromatic carbocycles. The minimum absolute atomic E-state index is 0.0269. The van der Waals surface area contributed by atoms with E-state index in [9.17, 15) is 18.0 Å². The third kappa shape index (κ3) is 7.83. The fourth-order valence-electron chi connectivity index (χ4n) is 3.20. The number of carbonyl (C=O) groups excluding carboxylic acids is 2. The Labute approximate surface area is 218 Å². The highest BCUT2D eigenvalue weighted by Crippen LogP contribution is 2.25. The van der Waals surface area contributed by atoms with Crippen LogP contribution in [0.4, 0.5) is 5.69 Å². The molecular weight excluding hydrogens is 511 g/mol. The second kappa shape index (κ2) is 11.6. The van der Waals surface area contributed by atoms with Gasteiger partial charge in [0.1, 0.15) is 12.6 Å². The second-order valence-electron chi connectivity index (χ2n) is 9.32. The highest BCUT2D eigenvalue weighted by atomic mass is 35.5. The number of para-hydroxylation sites is 1. The van der Waals surface area contributed by atoms with E-state index in [1.54, 1.807) is 55.5 Å². The fourth-order valence-corrected chi connectivity index (χ4v) is 4.58. The van der Waals surface area contributed by atoms with Gasteiger partial charge in [-0.1, -0.05) is 47.5 Å². The maximum Gasteiger partial charge on any atom is 0.304 e. The van der Waals surface area contributed by atoms with Crippen LogP contribution >= 0.6 is 23.2 Å². The number of hydrogen-bond acceptors (Lipinski definition) is 4. The monoisotopic (exact) mass is 542 g/mol. The average molecular weight is 544 g/mol. The van der Waals surface area contributed by atoms with E-state index in [-0.39, 0.29) is 12.5 Å². The summed E-state index contributed by atoms with van der Waals surface area (Å²) in [6, 6.07) is 12.4. The predicted molar refractivity (Wildman–Crippen MR) is 141 cm³/mol. The lowest BCUT2D eigenvalue weighted by molar-refractivity contribution is -0.140. The lowest BCUT2D eigenvalue weighted by atomic mass is 10.1. The molecule has 35 heavy (non-hydrogen) atoms. The summed E-state index contributed by atoms with van der Waals surface area (Å²) >= 11 is 12.2. The van der Waals surface area contributed by atoms with Gasteiger partial charge in [0.05, 0.1) is 15.7 Å². The summed E-state index contributed by atoms with van der Waals surface area (Å²) in [7, 11) is -1.22.